The Bertz CT molecular complexity index is 458. The summed E-state index contributed by atoms with van der Waals surface area (Å²) in [5.74, 6) is 0.297. The van der Waals surface area contributed by atoms with Crippen molar-refractivity contribution >= 4 is 10.8 Å². The molecule has 2 rings (SSSR count). The predicted octanol–water partition coefficient (Wildman–Crippen LogP) is 4.10. The molecule has 0 heterocycles. The summed E-state index contributed by atoms with van der Waals surface area (Å²) in [6.45, 7) is 4.25. The average molecular weight is 188 g/mol. The van der Waals surface area contributed by atoms with Gasteiger partial charge in [-0.05, 0) is 22.9 Å². The van der Waals surface area contributed by atoms with Gasteiger partial charge in [-0.2, -0.15) is 0 Å². The Hall–Kier alpha value is -1.37. The monoisotopic (exact) mass is 188 g/mol. The Balaban J connectivity index is 2.81. The Labute approximate surface area is 83.4 Å². The molecule has 0 nitrogen and oxygen atoms in total. The van der Waals surface area contributed by atoms with E-state index in [1.54, 1.807) is 6.07 Å². The Kier molecular flexibility index (Phi) is 2.24. The third-order valence-electron chi connectivity index (χ3n) is 2.52. The zero-order valence-corrected chi connectivity index (χ0v) is 8.42. The molecule has 72 valence electrons. The van der Waals surface area contributed by atoms with Crippen LogP contribution in [0.5, 0.6) is 0 Å². The zero-order valence-electron chi connectivity index (χ0n) is 8.42. The molecule has 0 aromatic heterocycles. The van der Waals surface area contributed by atoms with Crippen molar-refractivity contribution < 1.29 is 4.39 Å². The van der Waals surface area contributed by atoms with E-state index in [-0.39, 0.29) is 5.82 Å². The second kappa shape index (κ2) is 3.41. The quantitative estimate of drug-likeness (QED) is 0.632. The normalized spacial score (nSPS) is 11.1. The minimum absolute atomic E-state index is 0.134. The van der Waals surface area contributed by atoms with Crippen LogP contribution in [0.2, 0.25) is 0 Å². The second-order valence-electron chi connectivity index (χ2n) is 3.84. The number of hydrogen-bond donors (Lipinski definition) is 0. The van der Waals surface area contributed by atoms with Gasteiger partial charge in [0.1, 0.15) is 5.82 Å². The number of halogens is 1. The average Bonchev–Trinajstić information content (AvgIpc) is 2.17. The van der Waals surface area contributed by atoms with Gasteiger partial charge in [-0.15, -0.1) is 0 Å². The van der Waals surface area contributed by atoms with Crippen molar-refractivity contribution in [3.63, 3.8) is 0 Å². The van der Waals surface area contributed by atoms with Crippen LogP contribution in [0.25, 0.3) is 10.8 Å². The first-order chi connectivity index (χ1) is 6.70. The highest BCUT2D eigenvalue weighted by atomic mass is 19.1. The lowest BCUT2D eigenvalue weighted by atomic mass is 9.96. The summed E-state index contributed by atoms with van der Waals surface area (Å²) in [6.07, 6.45) is 0. The van der Waals surface area contributed by atoms with E-state index in [0.717, 1.165) is 10.8 Å². The summed E-state index contributed by atoms with van der Waals surface area (Å²) in [4.78, 5) is 0. The number of hydrogen-bond acceptors (Lipinski definition) is 0. The first-order valence-corrected chi connectivity index (χ1v) is 4.87. The molecule has 0 atom stereocenters. The highest BCUT2D eigenvalue weighted by Gasteiger charge is 2.06. The fourth-order valence-corrected chi connectivity index (χ4v) is 1.80. The zero-order chi connectivity index (χ0) is 10.1. The van der Waals surface area contributed by atoms with Crippen LogP contribution >= 0.6 is 0 Å². The van der Waals surface area contributed by atoms with Gasteiger partial charge in [0, 0.05) is 5.39 Å². The van der Waals surface area contributed by atoms with Crippen molar-refractivity contribution in [2.45, 2.75) is 19.8 Å². The van der Waals surface area contributed by atoms with Crippen LogP contribution in [0, 0.1) is 5.82 Å². The largest absolute Gasteiger partial charge is 0.206 e. The van der Waals surface area contributed by atoms with Crippen molar-refractivity contribution in [1.29, 1.82) is 0 Å². The summed E-state index contributed by atoms with van der Waals surface area (Å²) < 4.78 is 13.4. The molecule has 1 heteroatoms. The molecule has 0 aliphatic rings. The molecule has 0 fully saturated rings. The first-order valence-electron chi connectivity index (χ1n) is 4.87. The highest BCUT2D eigenvalue weighted by molar-refractivity contribution is 5.86. The minimum Gasteiger partial charge on any atom is -0.206 e. The fraction of sp³-hybridized carbons (Fsp3) is 0.231. The molecule has 0 aliphatic carbocycles. The topological polar surface area (TPSA) is 0 Å². The molecule has 0 saturated heterocycles. The van der Waals surface area contributed by atoms with Crippen LogP contribution in [0.4, 0.5) is 4.39 Å². The van der Waals surface area contributed by atoms with E-state index >= 15 is 0 Å². The molecule has 0 spiro atoms. The number of fused-ring (bicyclic) bond motifs is 1. The van der Waals surface area contributed by atoms with Gasteiger partial charge in [-0.3, -0.25) is 0 Å². The summed E-state index contributed by atoms with van der Waals surface area (Å²) in [5.41, 5.74) is 1.21. The Morgan fingerprint density at radius 3 is 2.29 bits per heavy atom. The van der Waals surface area contributed by atoms with Crippen molar-refractivity contribution in [2.75, 3.05) is 0 Å². The SMILES string of the molecule is CC(C)c1cccc2c(F)cccc12. The van der Waals surface area contributed by atoms with Gasteiger partial charge in [-0.25, -0.2) is 4.39 Å². The van der Waals surface area contributed by atoms with Gasteiger partial charge in [0.25, 0.3) is 0 Å². The third kappa shape index (κ3) is 1.39. The van der Waals surface area contributed by atoms with Crippen LogP contribution in [0.3, 0.4) is 0 Å². The van der Waals surface area contributed by atoms with Gasteiger partial charge in [-0.1, -0.05) is 44.2 Å². The van der Waals surface area contributed by atoms with E-state index in [0.29, 0.717) is 5.92 Å². The maximum absolute atomic E-state index is 13.4. The number of rotatable bonds is 1. The van der Waals surface area contributed by atoms with Crippen molar-refractivity contribution in [3.8, 4) is 0 Å². The van der Waals surface area contributed by atoms with Gasteiger partial charge >= 0.3 is 0 Å². The lowest BCUT2D eigenvalue weighted by molar-refractivity contribution is 0.639. The molecule has 14 heavy (non-hydrogen) atoms. The van der Waals surface area contributed by atoms with E-state index in [1.807, 2.05) is 18.2 Å². The maximum Gasteiger partial charge on any atom is 0.131 e. The molecule has 0 N–H and O–H groups in total. The molecule has 0 aliphatic heterocycles. The summed E-state index contributed by atoms with van der Waals surface area (Å²) >= 11 is 0. The predicted molar refractivity (Wildman–Crippen MR) is 58.0 cm³/mol. The summed E-state index contributed by atoms with van der Waals surface area (Å²) in [7, 11) is 0. The van der Waals surface area contributed by atoms with Crippen molar-refractivity contribution in [1.82, 2.24) is 0 Å². The molecule has 0 bridgehead atoms. The van der Waals surface area contributed by atoms with E-state index < -0.39 is 0 Å². The fourth-order valence-electron chi connectivity index (χ4n) is 1.80. The molecule has 0 saturated carbocycles. The van der Waals surface area contributed by atoms with Gasteiger partial charge in [0.2, 0.25) is 0 Å². The van der Waals surface area contributed by atoms with Crippen LogP contribution in [0.1, 0.15) is 25.3 Å². The third-order valence-corrected chi connectivity index (χ3v) is 2.52. The standard InChI is InChI=1S/C13H13F/c1-9(2)10-5-3-7-12-11(10)6-4-8-13(12)14/h3-9H,1-2H3. The molecule has 2 aromatic rings. The molecular weight excluding hydrogens is 175 g/mol. The van der Waals surface area contributed by atoms with E-state index in [4.69, 9.17) is 0 Å². The van der Waals surface area contributed by atoms with Crippen molar-refractivity contribution in [3.05, 3.63) is 47.8 Å². The van der Waals surface area contributed by atoms with Crippen LogP contribution in [-0.2, 0) is 0 Å². The molecule has 0 radical (unpaired) electrons. The maximum atomic E-state index is 13.4. The Morgan fingerprint density at radius 2 is 1.57 bits per heavy atom. The van der Waals surface area contributed by atoms with Crippen LogP contribution < -0.4 is 0 Å². The summed E-state index contributed by atoms with van der Waals surface area (Å²) in [5, 5.41) is 1.75. The van der Waals surface area contributed by atoms with Crippen molar-refractivity contribution in [2.24, 2.45) is 0 Å². The van der Waals surface area contributed by atoms with Crippen LogP contribution in [-0.4, -0.2) is 0 Å². The lowest BCUT2D eigenvalue weighted by Gasteiger charge is -2.09. The molecular formula is C13H13F. The minimum atomic E-state index is -0.134. The molecule has 2 aromatic carbocycles. The highest BCUT2D eigenvalue weighted by Crippen LogP contribution is 2.26. The first kappa shape index (κ1) is 9.20. The van der Waals surface area contributed by atoms with Crippen LogP contribution in [0.15, 0.2) is 36.4 Å². The van der Waals surface area contributed by atoms with Gasteiger partial charge in [0.05, 0.1) is 0 Å². The smallest absolute Gasteiger partial charge is 0.131 e. The Morgan fingerprint density at radius 1 is 0.929 bits per heavy atom. The number of benzene rings is 2. The van der Waals surface area contributed by atoms with E-state index in [1.165, 1.54) is 11.6 Å². The van der Waals surface area contributed by atoms with E-state index in [9.17, 15) is 4.39 Å². The molecule has 0 unspecified atom stereocenters. The van der Waals surface area contributed by atoms with Gasteiger partial charge < -0.3 is 0 Å². The van der Waals surface area contributed by atoms with Gasteiger partial charge in [0.15, 0.2) is 0 Å². The summed E-state index contributed by atoms with van der Waals surface area (Å²) in [6, 6.07) is 11.1. The molecule has 0 amide bonds. The second-order valence-corrected chi connectivity index (χ2v) is 3.84. The lowest BCUT2D eigenvalue weighted by Crippen LogP contribution is -1.90. The van der Waals surface area contributed by atoms with E-state index in [2.05, 4.69) is 19.9 Å².